The van der Waals surface area contributed by atoms with Gasteiger partial charge < -0.3 is 10.3 Å². The fraction of sp³-hybridized carbons (Fsp3) is 0.882. The second kappa shape index (κ2) is 4.31. The molecule has 2 atom stereocenters. The third-order valence-corrected chi connectivity index (χ3v) is 6.78. The summed E-state index contributed by atoms with van der Waals surface area (Å²) >= 11 is 0. The van der Waals surface area contributed by atoms with E-state index >= 15 is 0 Å². The molecule has 4 nitrogen and oxygen atoms in total. The molecule has 0 spiro atoms. The van der Waals surface area contributed by atoms with E-state index in [1.54, 1.807) is 0 Å². The molecular formula is C17H25N3O. The lowest BCUT2D eigenvalue weighted by Crippen LogP contribution is -2.49. The zero-order valence-corrected chi connectivity index (χ0v) is 12.6. The number of rotatable bonds is 2. The molecule has 5 fully saturated rings. The van der Waals surface area contributed by atoms with Crippen LogP contribution in [-0.4, -0.2) is 16.2 Å². The summed E-state index contributed by atoms with van der Waals surface area (Å²) in [6.45, 7) is 0. The first kappa shape index (κ1) is 12.6. The highest BCUT2D eigenvalue weighted by molar-refractivity contribution is 5.17. The van der Waals surface area contributed by atoms with Crippen LogP contribution in [0, 0.1) is 17.8 Å². The number of nitrogens with zero attached hydrogens (tertiary/aromatic N) is 2. The molecule has 114 valence electrons. The maximum atomic E-state index is 6.03. The minimum Gasteiger partial charge on any atom is -0.339 e. The van der Waals surface area contributed by atoms with Crippen LogP contribution >= 0.6 is 0 Å². The van der Waals surface area contributed by atoms with E-state index in [4.69, 9.17) is 15.2 Å². The molecule has 2 unspecified atom stereocenters. The Hall–Kier alpha value is -0.900. The van der Waals surface area contributed by atoms with Crippen LogP contribution in [0.15, 0.2) is 4.52 Å². The Bertz CT molecular complexity index is 517. The lowest BCUT2D eigenvalue weighted by Gasteiger charge is -2.55. The molecule has 0 aliphatic heterocycles. The van der Waals surface area contributed by atoms with Crippen LogP contribution in [-0.2, 0) is 5.41 Å². The lowest BCUT2D eigenvalue weighted by atomic mass is 9.49. The molecule has 1 aromatic rings. The van der Waals surface area contributed by atoms with Crippen molar-refractivity contribution in [1.29, 1.82) is 0 Å². The van der Waals surface area contributed by atoms with Crippen molar-refractivity contribution in [2.75, 3.05) is 0 Å². The third-order valence-electron chi connectivity index (χ3n) is 6.78. The van der Waals surface area contributed by atoms with Crippen molar-refractivity contribution in [3.63, 3.8) is 0 Å². The normalized spacial score (nSPS) is 48.1. The summed E-state index contributed by atoms with van der Waals surface area (Å²) in [6, 6.07) is 0.324. The average molecular weight is 287 g/mol. The SMILES string of the molecule is NC1CCC(c2nc(C34CC5CC(CC(C5)C3)C4)no2)C1. The van der Waals surface area contributed by atoms with Gasteiger partial charge in [0.1, 0.15) is 0 Å². The van der Waals surface area contributed by atoms with Crippen molar-refractivity contribution in [1.82, 2.24) is 10.1 Å². The van der Waals surface area contributed by atoms with E-state index in [2.05, 4.69) is 5.16 Å². The molecule has 0 radical (unpaired) electrons. The van der Waals surface area contributed by atoms with Crippen molar-refractivity contribution < 1.29 is 4.52 Å². The monoisotopic (exact) mass is 287 g/mol. The van der Waals surface area contributed by atoms with Gasteiger partial charge in [-0.05, 0) is 75.5 Å². The Labute approximate surface area is 125 Å². The molecule has 4 heteroatoms. The van der Waals surface area contributed by atoms with Crippen LogP contribution in [0.3, 0.4) is 0 Å². The van der Waals surface area contributed by atoms with Crippen LogP contribution in [0.25, 0.3) is 0 Å². The van der Waals surface area contributed by atoms with E-state index in [9.17, 15) is 0 Å². The standard InChI is InChI=1S/C17H25N3O/c18-14-2-1-13(6-14)15-19-16(20-21-15)17-7-10-3-11(8-17)5-12(4-10)9-17/h10-14H,1-9,18H2. The van der Waals surface area contributed by atoms with Crippen molar-refractivity contribution in [2.45, 2.75) is 75.2 Å². The summed E-state index contributed by atoms with van der Waals surface area (Å²) in [5, 5.41) is 4.45. The molecule has 21 heavy (non-hydrogen) atoms. The van der Waals surface area contributed by atoms with Gasteiger partial charge in [0.05, 0.1) is 0 Å². The zero-order chi connectivity index (χ0) is 14.0. The van der Waals surface area contributed by atoms with Crippen LogP contribution in [0.2, 0.25) is 0 Å². The zero-order valence-electron chi connectivity index (χ0n) is 12.6. The molecule has 5 aliphatic carbocycles. The minimum absolute atomic E-state index is 0.261. The van der Waals surface area contributed by atoms with Crippen LogP contribution in [0.5, 0.6) is 0 Å². The summed E-state index contributed by atoms with van der Waals surface area (Å²) < 4.78 is 5.67. The molecule has 0 aromatic carbocycles. The number of hydrogen-bond acceptors (Lipinski definition) is 4. The van der Waals surface area contributed by atoms with Gasteiger partial charge in [-0.25, -0.2) is 0 Å². The average Bonchev–Trinajstić information content (AvgIpc) is 3.05. The Morgan fingerprint density at radius 2 is 1.62 bits per heavy atom. The first-order valence-corrected chi connectivity index (χ1v) is 8.80. The van der Waals surface area contributed by atoms with Gasteiger partial charge in [0.15, 0.2) is 5.82 Å². The van der Waals surface area contributed by atoms with Crippen molar-refractivity contribution in [2.24, 2.45) is 23.5 Å². The number of hydrogen-bond donors (Lipinski definition) is 1. The van der Waals surface area contributed by atoms with E-state index in [0.29, 0.717) is 12.0 Å². The van der Waals surface area contributed by atoms with Crippen LogP contribution < -0.4 is 5.73 Å². The minimum atomic E-state index is 0.261. The van der Waals surface area contributed by atoms with Crippen molar-refractivity contribution in [3.05, 3.63) is 11.7 Å². The second-order valence-corrected chi connectivity index (χ2v) is 8.42. The summed E-state index contributed by atoms with van der Waals surface area (Å²) in [4.78, 5) is 4.88. The van der Waals surface area contributed by atoms with E-state index < -0.39 is 0 Å². The largest absolute Gasteiger partial charge is 0.339 e. The lowest BCUT2D eigenvalue weighted by molar-refractivity contribution is -0.0103. The van der Waals surface area contributed by atoms with Crippen molar-refractivity contribution in [3.8, 4) is 0 Å². The van der Waals surface area contributed by atoms with E-state index in [-0.39, 0.29) is 5.41 Å². The molecule has 5 saturated carbocycles. The summed E-state index contributed by atoms with van der Waals surface area (Å²) in [6.07, 6.45) is 11.5. The smallest absolute Gasteiger partial charge is 0.229 e. The Balaban J connectivity index is 1.44. The first-order chi connectivity index (χ1) is 10.2. The van der Waals surface area contributed by atoms with Gasteiger partial charge in [-0.2, -0.15) is 4.98 Å². The summed E-state index contributed by atoms with van der Waals surface area (Å²) in [5.74, 6) is 5.11. The highest BCUT2D eigenvalue weighted by Gasteiger charge is 2.54. The highest BCUT2D eigenvalue weighted by Crippen LogP contribution is 2.60. The Morgan fingerprint density at radius 3 is 2.19 bits per heavy atom. The maximum absolute atomic E-state index is 6.03. The quantitative estimate of drug-likeness (QED) is 0.907. The molecule has 2 N–H and O–H groups in total. The fourth-order valence-electron chi connectivity index (χ4n) is 6.24. The van der Waals surface area contributed by atoms with Crippen LogP contribution in [0.4, 0.5) is 0 Å². The topological polar surface area (TPSA) is 64.9 Å². The van der Waals surface area contributed by atoms with E-state index in [0.717, 1.165) is 48.7 Å². The Morgan fingerprint density at radius 1 is 0.952 bits per heavy atom. The molecule has 0 amide bonds. The molecule has 1 aromatic heterocycles. The number of aromatic nitrogens is 2. The summed E-state index contributed by atoms with van der Waals surface area (Å²) in [7, 11) is 0. The summed E-state index contributed by atoms with van der Waals surface area (Å²) in [5.41, 5.74) is 6.29. The Kier molecular flexibility index (Phi) is 2.59. The van der Waals surface area contributed by atoms with Crippen LogP contribution in [0.1, 0.15) is 75.4 Å². The van der Waals surface area contributed by atoms with Gasteiger partial charge in [0.25, 0.3) is 0 Å². The van der Waals surface area contributed by atoms with E-state index in [1.165, 1.54) is 38.5 Å². The highest BCUT2D eigenvalue weighted by atomic mass is 16.5. The van der Waals surface area contributed by atoms with Crippen molar-refractivity contribution >= 4 is 0 Å². The predicted octanol–water partition coefficient (Wildman–Crippen LogP) is 3.13. The molecular weight excluding hydrogens is 262 g/mol. The van der Waals surface area contributed by atoms with Gasteiger partial charge in [-0.1, -0.05) is 5.16 Å². The first-order valence-electron chi connectivity index (χ1n) is 8.80. The molecule has 1 heterocycles. The third kappa shape index (κ3) is 1.91. The van der Waals surface area contributed by atoms with Gasteiger partial charge in [-0.3, -0.25) is 0 Å². The molecule has 4 bridgehead atoms. The van der Waals surface area contributed by atoms with E-state index in [1.807, 2.05) is 0 Å². The van der Waals surface area contributed by atoms with Gasteiger partial charge in [0.2, 0.25) is 5.89 Å². The van der Waals surface area contributed by atoms with Gasteiger partial charge in [0, 0.05) is 17.4 Å². The van der Waals surface area contributed by atoms with Gasteiger partial charge >= 0.3 is 0 Å². The fourth-order valence-corrected chi connectivity index (χ4v) is 6.24. The predicted molar refractivity (Wildman–Crippen MR) is 78.7 cm³/mol. The molecule has 6 rings (SSSR count). The molecule has 0 saturated heterocycles. The maximum Gasteiger partial charge on any atom is 0.229 e. The van der Waals surface area contributed by atoms with Gasteiger partial charge in [-0.15, -0.1) is 0 Å². The second-order valence-electron chi connectivity index (χ2n) is 8.42. The molecule has 5 aliphatic rings. The number of nitrogens with two attached hydrogens (primary N) is 1.